The number of benzene rings is 1. The Morgan fingerprint density at radius 3 is 2.46 bits per heavy atom. The van der Waals surface area contributed by atoms with Crippen LogP contribution < -0.4 is 20.7 Å². The van der Waals surface area contributed by atoms with Crippen molar-refractivity contribution in [3.63, 3.8) is 0 Å². The van der Waals surface area contributed by atoms with Gasteiger partial charge in [-0.25, -0.2) is 31.7 Å². The lowest BCUT2D eigenvalue weighted by atomic mass is 9.90. The quantitative estimate of drug-likeness (QED) is 0.363. The second kappa shape index (κ2) is 10.3. The van der Waals surface area contributed by atoms with Crippen LogP contribution in [0.1, 0.15) is 25.0 Å². The van der Waals surface area contributed by atoms with E-state index in [2.05, 4.69) is 14.8 Å². The molecule has 1 aliphatic rings. The number of aromatic nitrogens is 4. The zero-order valence-corrected chi connectivity index (χ0v) is 20.9. The molecule has 0 saturated heterocycles. The summed E-state index contributed by atoms with van der Waals surface area (Å²) in [7, 11) is -2.64. The van der Waals surface area contributed by atoms with E-state index in [1.165, 1.54) is 7.11 Å². The Kier molecular flexibility index (Phi) is 7.52. The Morgan fingerprint density at radius 1 is 1.22 bits per heavy atom. The molecular formula is C20H17Cl2F2N5O7S. The minimum Gasteiger partial charge on any atom is -0.505 e. The molecule has 1 saturated carbocycles. The molecule has 0 aliphatic heterocycles. The van der Waals surface area contributed by atoms with E-state index in [9.17, 15) is 31.9 Å². The zero-order chi connectivity index (χ0) is 27.1. The second-order valence-electron chi connectivity index (χ2n) is 7.84. The number of ether oxygens (including phenoxy) is 2. The Balaban J connectivity index is 1.63. The number of aromatic amines is 1. The van der Waals surface area contributed by atoms with Crippen molar-refractivity contribution < 1.29 is 31.8 Å². The SMILES string of the molecule is CO[C@H]1C[C@@H](NS(=O)(=O)c2cc(Oc3c(Cl)cc(-n4nc(C(F)F)c(=O)[nH]c4=O)cc3Cl)ncc2O)C1. The predicted molar refractivity (Wildman–Crippen MR) is 126 cm³/mol. The van der Waals surface area contributed by atoms with E-state index in [1.54, 1.807) is 4.98 Å². The van der Waals surface area contributed by atoms with Crippen molar-refractivity contribution in [3.05, 3.63) is 61.0 Å². The fraction of sp³-hybridized carbons (Fsp3) is 0.300. The number of alkyl halides is 2. The van der Waals surface area contributed by atoms with Crippen LogP contribution in [0.3, 0.4) is 0 Å². The van der Waals surface area contributed by atoms with E-state index >= 15 is 0 Å². The lowest BCUT2D eigenvalue weighted by molar-refractivity contribution is 0.0236. The summed E-state index contributed by atoms with van der Waals surface area (Å²) in [5.74, 6) is -1.17. The highest BCUT2D eigenvalue weighted by molar-refractivity contribution is 7.89. The van der Waals surface area contributed by atoms with Gasteiger partial charge in [0.25, 0.3) is 12.0 Å². The Morgan fingerprint density at radius 2 is 1.86 bits per heavy atom. The van der Waals surface area contributed by atoms with E-state index in [4.69, 9.17) is 32.7 Å². The molecule has 17 heteroatoms. The minimum absolute atomic E-state index is 0.0611. The largest absolute Gasteiger partial charge is 0.505 e. The summed E-state index contributed by atoms with van der Waals surface area (Å²) in [6.07, 6.45) is -1.53. The zero-order valence-electron chi connectivity index (χ0n) is 18.6. The third-order valence-electron chi connectivity index (χ3n) is 5.35. The molecule has 3 N–H and O–H groups in total. The summed E-state index contributed by atoms with van der Waals surface area (Å²) < 4.78 is 65.2. The number of hydrogen-bond donors (Lipinski definition) is 3. The number of rotatable bonds is 8. The van der Waals surface area contributed by atoms with Gasteiger partial charge in [0, 0.05) is 19.2 Å². The van der Waals surface area contributed by atoms with Crippen molar-refractivity contribution in [2.45, 2.75) is 36.3 Å². The summed E-state index contributed by atoms with van der Waals surface area (Å²) in [4.78, 5) is 28.6. The first-order chi connectivity index (χ1) is 17.4. The van der Waals surface area contributed by atoms with Crippen LogP contribution in [0.5, 0.6) is 17.4 Å². The molecule has 0 amide bonds. The van der Waals surface area contributed by atoms with Crippen molar-refractivity contribution in [1.82, 2.24) is 24.5 Å². The normalized spacial score (nSPS) is 17.6. The number of pyridine rings is 1. The predicted octanol–water partition coefficient (Wildman–Crippen LogP) is 2.51. The number of nitrogens with one attached hydrogen (secondary N) is 2. The number of nitrogens with zero attached hydrogens (tertiary/aromatic N) is 3. The van der Waals surface area contributed by atoms with Gasteiger partial charge in [0.15, 0.2) is 17.2 Å². The van der Waals surface area contributed by atoms with Gasteiger partial charge in [-0.05, 0) is 25.0 Å². The smallest absolute Gasteiger partial charge is 0.349 e. The first kappa shape index (κ1) is 26.9. The summed E-state index contributed by atoms with van der Waals surface area (Å²) >= 11 is 12.4. The van der Waals surface area contributed by atoms with Crippen molar-refractivity contribution >= 4 is 33.2 Å². The summed E-state index contributed by atoms with van der Waals surface area (Å²) in [6, 6.07) is 2.76. The second-order valence-corrected chi connectivity index (χ2v) is 10.3. The lowest BCUT2D eigenvalue weighted by Crippen LogP contribution is -2.47. The van der Waals surface area contributed by atoms with E-state index in [1.807, 2.05) is 0 Å². The van der Waals surface area contributed by atoms with Gasteiger partial charge in [-0.1, -0.05) is 23.2 Å². The molecule has 1 aliphatic carbocycles. The van der Waals surface area contributed by atoms with Crippen LogP contribution in [-0.4, -0.2) is 52.5 Å². The number of hydrogen-bond acceptors (Lipinski definition) is 9. The fourth-order valence-electron chi connectivity index (χ4n) is 3.42. The molecular weight excluding hydrogens is 563 g/mol. The van der Waals surface area contributed by atoms with Gasteiger partial charge in [0.2, 0.25) is 15.9 Å². The molecule has 0 unspecified atom stereocenters. The van der Waals surface area contributed by atoms with Gasteiger partial charge < -0.3 is 14.6 Å². The number of methoxy groups -OCH3 is 1. The van der Waals surface area contributed by atoms with E-state index in [-0.39, 0.29) is 39.5 Å². The number of sulfonamides is 1. The average Bonchev–Trinajstić information content (AvgIpc) is 2.79. The molecule has 1 fully saturated rings. The molecule has 3 aromatic rings. The molecule has 12 nitrogen and oxygen atoms in total. The summed E-state index contributed by atoms with van der Waals surface area (Å²) in [5.41, 5.74) is -3.84. The molecule has 1 aromatic carbocycles. The van der Waals surface area contributed by atoms with Gasteiger partial charge >= 0.3 is 5.69 Å². The highest BCUT2D eigenvalue weighted by Crippen LogP contribution is 2.39. The lowest BCUT2D eigenvalue weighted by Gasteiger charge is -2.34. The molecule has 198 valence electrons. The third-order valence-corrected chi connectivity index (χ3v) is 7.47. The fourth-order valence-corrected chi connectivity index (χ4v) is 5.32. The van der Waals surface area contributed by atoms with E-state index in [0.717, 1.165) is 24.4 Å². The highest BCUT2D eigenvalue weighted by atomic mass is 35.5. The van der Waals surface area contributed by atoms with Crippen LogP contribution in [0, 0.1) is 0 Å². The van der Waals surface area contributed by atoms with Crippen LogP contribution in [0.4, 0.5) is 8.78 Å². The standard InChI is InChI=1S/C20H17Cl2F2N5O7S/c1-35-10-2-8(3-10)28-37(33,34)14-6-15(25-7-13(14)30)36-17-11(21)4-9(5-12(17)22)29-20(32)26-19(31)16(27-29)18(23)24/h4-8,10,18,28,30H,2-3H2,1H3,(H,26,31,32)/t8-,10+. The highest BCUT2D eigenvalue weighted by Gasteiger charge is 2.34. The van der Waals surface area contributed by atoms with Gasteiger partial charge in [-0.2, -0.15) is 9.78 Å². The third kappa shape index (κ3) is 5.60. The Bertz CT molecular complexity index is 1550. The molecule has 0 bridgehead atoms. The maximum absolute atomic E-state index is 13.0. The molecule has 37 heavy (non-hydrogen) atoms. The first-order valence-electron chi connectivity index (χ1n) is 10.3. The van der Waals surface area contributed by atoms with Crippen molar-refractivity contribution in [3.8, 4) is 23.1 Å². The van der Waals surface area contributed by atoms with Crippen molar-refractivity contribution in [2.75, 3.05) is 7.11 Å². The maximum atomic E-state index is 13.0. The van der Waals surface area contributed by atoms with Gasteiger partial charge in [0.05, 0.1) is 28.0 Å². The number of H-pyrrole nitrogens is 1. The number of halogens is 4. The van der Waals surface area contributed by atoms with Crippen LogP contribution in [0.25, 0.3) is 5.69 Å². The monoisotopic (exact) mass is 579 g/mol. The molecule has 0 radical (unpaired) electrons. The molecule has 0 spiro atoms. The van der Waals surface area contributed by atoms with Crippen LogP contribution in [0.2, 0.25) is 10.0 Å². The Labute approximate surface area is 216 Å². The van der Waals surface area contributed by atoms with Crippen LogP contribution >= 0.6 is 23.2 Å². The van der Waals surface area contributed by atoms with Crippen molar-refractivity contribution in [1.29, 1.82) is 0 Å². The van der Waals surface area contributed by atoms with E-state index in [0.29, 0.717) is 17.5 Å². The molecule has 0 atom stereocenters. The number of aromatic hydroxyl groups is 1. The maximum Gasteiger partial charge on any atom is 0.349 e. The topological polar surface area (TPSA) is 165 Å². The summed E-state index contributed by atoms with van der Waals surface area (Å²) in [5, 5.41) is 13.0. The molecule has 2 heterocycles. The Hall–Kier alpha value is -3.11. The van der Waals surface area contributed by atoms with Gasteiger partial charge in [0.1, 0.15) is 4.90 Å². The minimum atomic E-state index is -4.16. The van der Waals surface area contributed by atoms with Crippen LogP contribution in [-0.2, 0) is 14.8 Å². The average molecular weight is 580 g/mol. The van der Waals surface area contributed by atoms with Gasteiger partial charge in [-0.15, -0.1) is 0 Å². The molecule has 4 rings (SSSR count). The summed E-state index contributed by atoms with van der Waals surface area (Å²) in [6.45, 7) is 0. The van der Waals surface area contributed by atoms with Crippen molar-refractivity contribution in [2.24, 2.45) is 0 Å². The van der Waals surface area contributed by atoms with E-state index < -0.39 is 44.0 Å². The molecule has 2 aromatic heterocycles. The van der Waals surface area contributed by atoms with Crippen LogP contribution in [0.15, 0.2) is 38.9 Å². The first-order valence-corrected chi connectivity index (χ1v) is 12.6. The van der Waals surface area contributed by atoms with Gasteiger partial charge in [-0.3, -0.25) is 9.78 Å².